The van der Waals surface area contributed by atoms with E-state index in [0.29, 0.717) is 6.04 Å². The lowest BCUT2D eigenvalue weighted by molar-refractivity contribution is 0.198. The lowest BCUT2D eigenvalue weighted by atomic mass is 10.3. The van der Waals surface area contributed by atoms with Crippen molar-refractivity contribution >= 4 is 0 Å². The summed E-state index contributed by atoms with van der Waals surface area (Å²) in [5.41, 5.74) is 0. The van der Waals surface area contributed by atoms with Crippen LogP contribution in [0.15, 0.2) is 0 Å². The number of methoxy groups -OCH3 is 1. The molecule has 62 valence electrons. The van der Waals surface area contributed by atoms with E-state index in [1.54, 1.807) is 7.11 Å². The fraction of sp³-hybridized carbons (Fsp3) is 1.00. The zero-order valence-corrected chi connectivity index (χ0v) is 7.11. The second-order valence-corrected chi connectivity index (χ2v) is 2.39. The van der Waals surface area contributed by atoms with Gasteiger partial charge in [-0.2, -0.15) is 0 Å². The third-order valence-corrected chi connectivity index (χ3v) is 1.43. The molecule has 0 heterocycles. The van der Waals surface area contributed by atoms with E-state index < -0.39 is 0 Å². The van der Waals surface area contributed by atoms with Crippen LogP contribution >= 0.6 is 0 Å². The van der Waals surface area contributed by atoms with Crippen LogP contribution in [0.5, 0.6) is 0 Å². The Balaban J connectivity index is 2.89. The largest absolute Gasteiger partial charge is 0.383 e. The predicted octanol–water partition coefficient (Wildman–Crippen LogP) is -0.170. The van der Waals surface area contributed by atoms with Crippen molar-refractivity contribution in [2.45, 2.75) is 13.0 Å². The molecule has 0 radical (unpaired) electrons. The molecule has 1 atom stereocenters. The first-order valence-electron chi connectivity index (χ1n) is 3.68. The minimum Gasteiger partial charge on any atom is -0.383 e. The zero-order valence-electron chi connectivity index (χ0n) is 7.11. The molecule has 0 aromatic carbocycles. The van der Waals surface area contributed by atoms with Crippen LogP contribution in [0.1, 0.15) is 6.92 Å². The smallest absolute Gasteiger partial charge is 0.0587 e. The predicted molar refractivity (Wildman–Crippen MR) is 43.3 cm³/mol. The molecule has 2 N–H and O–H groups in total. The SMILES string of the molecule is CNC(C)CNCCOC. The number of hydrogen-bond acceptors (Lipinski definition) is 3. The van der Waals surface area contributed by atoms with Crippen LogP contribution in [0.3, 0.4) is 0 Å². The van der Waals surface area contributed by atoms with Crippen molar-refractivity contribution in [3.05, 3.63) is 0 Å². The molecule has 0 aliphatic heterocycles. The van der Waals surface area contributed by atoms with Gasteiger partial charge in [0.05, 0.1) is 6.61 Å². The third kappa shape index (κ3) is 6.01. The van der Waals surface area contributed by atoms with Crippen LogP contribution in [0.25, 0.3) is 0 Å². The maximum atomic E-state index is 4.87. The Bertz CT molecular complexity index is 68.6. The monoisotopic (exact) mass is 146 g/mol. The minimum atomic E-state index is 0.539. The average molecular weight is 146 g/mol. The summed E-state index contributed by atoms with van der Waals surface area (Å²) in [4.78, 5) is 0. The Morgan fingerprint density at radius 3 is 2.70 bits per heavy atom. The second kappa shape index (κ2) is 6.99. The van der Waals surface area contributed by atoms with Crippen molar-refractivity contribution in [2.75, 3.05) is 33.9 Å². The van der Waals surface area contributed by atoms with Crippen LogP contribution < -0.4 is 10.6 Å². The van der Waals surface area contributed by atoms with Gasteiger partial charge in [0.1, 0.15) is 0 Å². The molecule has 0 aromatic rings. The molecule has 0 aromatic heterocycles. The quantitative estimate of drug-likeness (QED) is 0.510. The van der Waals surface area contributed by atoms with Crippen molar-refractivity contribution in [3.8, 4) is 0 Å². The summed E-state index contributed by atoms with van der Waals surface area (Å²) in [6, 6.07) is 0.539. The minimum absolute atomic E-state index is 0.539. The molecule has 0 amide bonds. The van der Waals surface area contributed by atoms with E-state index in [0.717, 1.165) is 19.7 Å². The summed E-state index contributed by atoms with van der Waals surface area (Å²) in [5.74, 6) is 0. The molecular formula is C7H18N2O. The van der Waals surface area contributed by atoms with Crippen LogP contribution in [0, 0.1) is 0 Å². The highest BCUT2D eigenvalue weighted by Gasteiger charge is 1.94. The Morgan fingerprint density at radius 2 is 2.20 bits per heavy atom. The van der Waals surface area contributed by atoms with Crippen LogP contribution in [0.2, 0.25) is 0 Å². The van der Waals surface area contributed by atoms with Crippen LogP contribution in [-0.4, -0.2) is 39.9 Å². The van der Waals surface area contributed by atoms with Crippen molar-refractivity contribution in [1.82, 2.24) is 10.6 Å². The number of likely N-dealkylation sites (N-methyl/N-ethyl adjacent to an activating group) is 1. The lowest BCUT2D eigenvalue weighted by Gasteiger charge is -2.10. The van der Waals surface area contributed by atoms with E-state index in [1.165, 1.54) is 0 Å². The molecule has 10 heavy (non-hydrogen) atoms. The Labute approximate surface area is 63.1 Å². The lowest BCUT2D eigenvalue weighted by Crippen LogP contribution is -2.35. The van der Waals surface area contributed by atoms with Crippen LogP contribution in [-0.2, 0) is 4.74 Å². The van der Waals surface area contributed by atoms with Gasteiger partial charge >= 0.3 is 0 Å². The fourth-order valence-electron chi connectivity index (χ4n) is 0.595. The van der Waals surface area contributed by atoms with Gasteiger partial charge in [-0.25, -0.2) is 0 Å². The summed E-state index contributed by atoms with van der Waals surface area (Å²) in [6.07, 6.45) is 0. The normalized spacial score (nSPS) is 13.5. The molecule has 3 heteroatoms. The number of rotatable bonds is 6. The average Bonchev–Trinajstić information content (AvgIpc) is 1.98. The highest BCUT2D eigenvalue weighted by atomic mass is 16.5. The fourth-order valence-corrected chi connectivity index (χ4v) is 0.595. The second-order valence-electron chi connectivity index (χ2n) is 2.39. The first kappa shape index (κ1) is 9.88. The Kier molecular flexibility index (Phi) is 6.91. The highest BCUT2D eigenvalue weighted by Crippen LogP contribution is 1.74. The topological polar surface area (TPSA) is 33.3 Å². The summed E-state index contributed by atoms with van der Waals surface area (Å²) in [7, 11) is 3.67. The molecule has 0 aliphatic rings. The number of ether oxygens (including phenoxy) is 1. The van der Waals surface area contributed by atoms with E-state index in [4.69, 9.17) is 4.74 Å². The van der Waals surface area contributed by atoms with Crippen molar-refractivity contribution in [2.24, 2.45) is 0 Å². The van der Waals surface area contributed by atoms with E-state index >= 15 is 0 Å². The van der Waals surface area contributed by atoms with Crippen molar-refractivity contribution in [3.63, 3.8) is 0 Å². The van der Waals surface area contributed by atoms with Gasteiger partial charge in [0.2, 0.25) is 0 Å². The molecule has 3 nitrogen and oxygen atoms in total. The first-order valence-corrected chi connectivity index (χ1v) is 3.68. The molecule has 0 bridgehead atoms. The molecule has 0 saturated heterocycles. The Morgan fingerprint density at radius 1 is 1.50 bits per heavy atom. The van der Waals surface area contributed by atoms with Gasteiger partial charge < -0.3 is 15.4 Å². The van der Waals surface area contributed by atoms with Gasteiger partial charge in [0.15, 0.2) is 0 Å². The molecule has 0 aliphatic carbocycles. The van der Waals surface area contributed by atoms with Gasteiger partial charge in [-0.05, 0) is 14.0 Å². The number of nitrogens with one attached hydrogen (secondary N) is 2. The van der Waals surface area contributed by atoms with Gasteiger partial charge in [-0.1, -0.05) is 0 Å². The van der Waals surface area contributed by atoms with E-state index in [2.05, 4.69) is 17.6 Å². The molecular weight excluding hydrogens is 128 g/mol. The molecule has 0 rings (SSSR count). The standard InChI is InChI=1S/C7H18N2O/c1-7(8-2)6-9-4-5-10-3/h7-9H,4-6H2,1-3H3. The van der Waals surface area contributed by atoms with Gasteiger partial charge in [-0.15, -0.1) is 0 Å². The first-order chi connectivity index (χ1) is 4.81. The molecule has 1 unspecified atom stereocenters. The summed E-state index contributed by atoms with van der Waals surface area (Å²) in [6.45, 7) is 4.86. The van der Waals surface area contributed by atoms with Gasteiger partial charge in [0, 0.05) is 26.2 Å². The van der Waals surface area contributed by atoms with E-state index in [-0.39, 0.29) is 0 Å². The van der Waals surface area contributed by atoms with Gasteiger partial charge in [-0.3, -0.25) is 0 Å². The molecule has 0 fully saturated rings. The van der Waals surface area contributed by atoms with Crippen molar-refractivity contribution in [1.29, 1.82) is 0 Å². The van der Waals surface area contributed by atoms with Crippen molar-refractivity contribution < 1.29 is 4.74 Å². The summed E-state index contributed by atoms with van der Waals surface area (Å²) in [5, 5.41) is 6.39. The third-order valence-electron chi connectivity index (χ3n) is 1.43. The molecule has 0 saturated carbocycles. The maximum Gasteiger partial charge on any atom is 0.0587 e. The molecule has 0 spiro atoms. The van der Waals surface area contributed by atoms with Gasteiger partial charge in [0.25, 0.3) is 0 Å². The van der Waals surface area contributed by atoms with Crippen LogP contribution in [0.4, 0.5) is 0 Å². The zero-order chi connectivity index (χ0) is 7.82. The maximum absolute atomic E-state index is 4.87. The number of hydrogen-bond donors (Lipinski definition) is 2. The Hall–Kier alpha value is -0.120. The summed E-state index contributed by atoms with van der Waals surface area (Å²) >= 11 is 0. The highest BCUT2D eigenvalue weighted by molar-refractivity contribution is 4.59. The summed E-state index contributed by atoms with van der Waals surface area (Å²) < 4.78 is 4.87. The van der Waals surface area contributed by atoms with E-state index in [9.17, 15) is 0 Å². The van der Waals surface area contributed by atoms with E-state index in [1.807, 2.05) is 7.05 Å².